The molecule has 2 unspecified atom stereocenters. The number of methoxy groups -OCH3 is 2. The minimum atomic E-state index is -0.245. The summed E-state index contributed by atoms with van der Waals surface area (Å²) in [4.78, 5) is 11.5. The Labute approximate surface area is 112 Å². The van der Waals surface area contributed by atoms with Gasteiger partial charge in [-0.05, 0) is 25.1 Å². The fraction of sp³-hybridized carbons (Fsp3) is 0.500. The standard InChI is InChI=1S/C14H19NO4/c1-9(15-12-6-7-19-14(12)16)11-8-10(17-2)4-5-13(11)18-3/h4-5,8-9,12,15H,6-7H2,1-3H3. The van der Waals surface area contributed by atoms with E-state index in [0.717, 1.165) is 17.1 Å². The van der Waals surface area contributed by atoms with Crippen LogP contribution in [-0.2, 0) is 9.53 Å². The molecule has 1 heterocycles. The molecule has 19 heavy (non-hydrogen) atoms. The van der Waals surface area contributed by atoms with Crippen LogP contribution in [0.4, 0.5) is 0 Å². The summed E-state index contributed by atoms with van der Waals surface area (Å²) in [5, 5.41) is 3.26. The number of carbonyl (C=O) groups is 1. The summed E-state index contributed by atoms with van der Waals surface area (Å²) in [5.41, 5.74) is 0.960. The van der Waals surface area contributed by atoms with Gasteiger partial charge in [0.15, 0.2) is 0 Å². The average molecular weight is 265 g/mol. The third-order valence-electron chi connectivity index (χ3n) is 3.29. The Balaban J connectivity index is 2.16. The van der Waals surface area contributed by atoms with Gasteiger partial charge in [0.2, 0.25) is 0 Å². The third-order valence-corrected chi connectivity index (χ3v) is 3.29. The van der Waals surface area contributed by atoms with Crippen LogP contribution >= 0.6 is 0 Å². The van der Waals surface area contributed by atoms with Gasteiger partial charge < -0.3 is 14.2 Å². The van der Waals surface area contributed by atoms with E-state index >= 15 is 0 Å². The van der Waals surface area contributed by atoms with Crippen molar-refractivity contribution in [3.63, 3.8) is 0 Å². The summed E-state index contributed by atoms with van der Waals surface area (Å²) in [6.45, 7) is 2.47. The van der Waals surface area contributed by atoms with Crippen LogP contribution in [0.2, 0.25) is 0 Å². The van der Waals surface area contributed by atoms with Gasteiger partial charge in [0.25, 0.3) is 0 Å². The van der Waals surface area contributed by atoms with E-state index in [1.807, 2.05) is 25.1 Å². The zero-order valence-corrected chi connectivity index (χ0v) is 11.4. The maximum atomic E-state index is 11.5. The molecule has 0 spiro atoms. The molecular formula is C14H19NO4. The molecule has 5 nitrogen and oxygen atoms in total. The second-order valence-electron chi connectivity index (χ2n) is 4.50. The number of benzene rings is 1. The molecule has 1 aliphatic rings. The molecule has 2 atom stereocenters. The fourth-order valence-corrected chi connectivity index (χ4v) is 2.22. The van der Waals surface area contributed by atoms with Gasteiger partial charge in [0, 0.05) is 18.0 Å². The maximum Gasteiger partial charge on any atom is 0.323 e. The summed E-state index contributed by atoms with van der Waals surface area (Å²) >= 11 is 0. The van der Waals surface area contributed by atoms with E-state index in [1.54, 1.807) is 14.2 Å². The predicted octanol–water partition coefficient (Wildman–Crippen LogP) is 1.67. The van der Waals surface area contributed by atoms with Gasteiger partial charge in [-0.15, -0.1) is 0 Å². The first kappa shape index (κ1) is 13.7. The summed E-state index contributed by atoms with van der Waals surface area (Å²) in [7, 11) is 3.25. The molecule has 1 aromatic rings. The number of nitrogens with one attached hydrogen (secondary N) is 1. The van der Waals surface area contributed by atoms with E-state index < -0.39 is 0 Å². The van der Waals surface area contributed by atoms with Crippen LogP contribution in [0.1, 0.15) is 24.9 Å². The average Bonchev–Trinajstić information content (AvgIpc) is 2.83. The lowest BCUT2D eigenvalue weighted by atomic mass is 10.1. The molecule has 0 aromatic heterocycles. The SMILES string of the molecule is COc1ccc(OC)c(C(C)NC2CCOC2=O)c1. The zero-order valence-electron chi connectivity index (χ0n) is 11.4. The smallest absolute Gasteiger partial charge is 0.323 e. The molecule has 1 aliphatic heterocycles. The molecule has 104 valence electrons. The topological polar surface area (TPSA) is 56.8 Å². The Hall–Kier alpha value is -1.75. The molecular weight excluding hydrogens is 246 g/mol. The van der Waals surface area contributed by atoms with E-state index in [1.165, 1.54) is 0 Å². The van der Waals surface area contributed by atoms with Crippen molar-refractivity contribution in [3.05, 3.63) is 23.8 Å². The first-order chi connectivity index (χ1) is 9.15. The maximum absolute atomic E-state index is 11.5. The minimum Gasteiger partial charge on any atom is -0.497 e. The zero-order chi connectivity index (χ0) is 13.8. The Morgan fingerprint density at radius 1 is 1.37 bits per heavy atom. The van der Waals surface area contributed by atoms with Gasteiger partial charge in [0.1, 0.15) is 17.5 Å². The quantitative estimate of drug-likeness (QED) is 0.821. The van der Waals surface area contributed by atoms with Crippen LogP contribution in [0.15, 0.2) is 18.2 Å². The Kier molecular flexibility index (Phi) is 4.27. The number of rotatable bonds is 5. The summed E-state index contributed by atoms with van der Waals surface area (Å²) in [6.07, 6.45) is 0.704. The van der Waals surface area contributed by atoms with Gasteiger partial charge in [-0.3, -0.25) is 10.1 Å². The van der Waals surface area contributed by atoms with E-state index in [0.29, 0.717) is 13.0 Å². The molecule has 5 heteroatoms. The van der Waals surface area contributed by atoms with Crippen molar-refractivity contribution in [1.82, 2.24) is 5.32 Å². The van der Waals surface area contributed by atoms with Gasteiger partial charge >= 0.3 is 5.97 Å². The first-order valence-corrected chi connectivity index (χ1v) is 6.30. The lowest BCUT2D eigenvalue weighted by Gasteiger charge is -2.20. The van der Waals surface area contributed by atoms with Crippen LogP contribution in [0.3, 0.4) is 0 Å². The normalized spacial score (nSPS) is 19.9. The van der Waals surface area contributed by atoms with Crippen molar-refractivity contribution in [2.45, 2.75) is 25.4 Å². The fourth-order valence-electron chi connectivity index (χ4n) is 2.22. The summed E-state index contributed by atoms with van der Waals surface area (Å²) in [6, 6.07) is 5.35. The van der Waals surface area contributed by atoms with Crippen LogP contribution in [0, 0.1) is 0 Å². The van der Waals surface area contributed by atoms with Crippen molar-refractivity contribution in [2.75, 3.05) is 20.8 Å². The van der Waals surface area contributed by atoms with Crippen LogP contribution in [0.5, 0.6) is 11.5 Å². The van der Waals surface area contributed by atoms with Crippen molar-refractivity contribution in [2.24, 2.45) is 0 Å². The lowest BCUT2D eigenvalue weighted by molar-refractivity contribution is -0.139. The highest BCUT2D eigenvalue weighted by molar-refractivity contribution is 5.77. The summed E-state index contributed by atoms with van der Waals surface area (Å²) < 4.78 is 15.5. The molecule has 0 bridgehead atoms. The number of hydrogen-bond acceptors (Lipinski definition) is 5. The monoisotopic (exact) mass is 265 g/mol. The molecule has 1 fully saturated rings. The van der Waals surface area contributed by atoms with Crippen LogP contribution in [0.25, 0.3) is 0 Å². The lowest BCUT2D eigenvalue weighted by Crippen LogP contribution is -2.35. The molecule has 0 aliphatic carbocycles. The van der Waals surface area contributed by atoms with E-state index in [4.69, 9.17) is 14.2 Å². The van der Waals surface area contributed by atoms with Gasteiger partial charge in [-0.2, -0.15) is 0 Å². The number of ether oxygens (including phenoxy) is 3. The third kappa shape index (κ3) is 2.98. The van der Waals surface area contributed by atoms with E-state index in [-0.39, 0.29) is 18.1 Å². The van der Waals surface area contributed by atoms with E-state index in [9.17, 15) is 4.79 Å². The molecule has 1 N–H and O–H groups in total. The van der Waals surface area contributed by atoms with Crippen molar-refractivity contribution in [1.29, 1.82) is 0 Å². The molecule has 1 aromatic carbocycles. The largest absolute Gasteiger partial charge is 0.497 e. The number of cyclic esters (lactones) is 1. The highest BCUT2D eigenvalue weighted by atomic mass is 16.5. The highest BCUT2D eigenvalue weighted by Crippen LogP contribution is 2.29. The van der Waals surface area contributed by atoms with E-state index in [2.05, 4.69) is 5.32 Å². The predicted molar refractivity (Wildman–Crippen MR) is 70.5 cm³/mol. The second kappa shape index (κ2) is 5.93. The Bertz CT molecular complexity index is 461. The van der Waals surface area contributed by atoms with Crippen LogP contribution in [-0.4, -0.2) is 32.8 Å². The number of hydrogen-bond donors (Lipinski definition) is 1. The van der Waals surface area contributed by atoms with Crippen molar-refractivity contribution >= 4 is 5.97 Å². The summed E-state index contributed by atoms with van der Waals surface area (Å²) in [5.74, 6) is 1.35. The molecule has 0 amide bonds. The van der Waals surface area contributed by atoms with Crippen LogP contribution < -0.4 is 14.8 Å². The molecule has 0 saturated carbocycles. The van der Waals surface area contributed by atoms with Gasteiger partial charge in [-0.25, -0.2) is 0 Å². The Morgan fingerprint density at radius 3 is 2.74 bits per heavy atom. The first-order valence-electron chi connectivity index (χ1n) is 6.30. The van der Waals surface area contributed by atoms with Crippen molar-refractivity contribution in [3.8, 4) is 11.5 Å². The molecule has 1 saturated heterocycles. The van der Waals surface area contributed by atoms with Crippen molar-refractivity contribution < 1.29 is 19.0 Å². The van der Waals surface area contributed by atoms with Gasteiger partial charge in [-0.1, -0.05) is 0 Å². The molecule has 0 radical (unpaired) electrons. The second-order valence-corrected chi connectivity index (χ2v) is 4.50. The number of esters is 1. The minimum absolute atomic E-state index is 0.0271. The highest BCUT2D eigenvalue weighted by Gasteiger charge is 2.28. The Morgan fingerprint density at radius 2 is 2.16 bits per heavy atom. The number of carbonyl (C=O) groups excluding carboxylic acids is 1. The van der Waals surface area contributed by atoms with Gasteiger partial charge in [0.05, 0.1) is 20.8 Å². The molecule has 2 rings (SSSR count).